The summed E-state index contributed by atoms with van der Waals surface area (Å²) in [6.07, 6.45) is -0.718. The zero-order valence-electron chi connectivity index (χ0n) is 7.30. The third-order valence-electron chi connectivity index (χ3n) is 1.05. The molecule has 0 aliphatic rings. The van der Waals surface area contributed by atoms with E-state index < -0.39 is 18.9 Å². The summed E-state index contributed by atoms with van der Waals surface area (Å²) in [6.45, 7) is 5.79. The standard InChI is InChI=1S/C8H13FO3/c1-6(2)8(10)12-7(3)11-5-4-9/h7H,1,4-5H2,2-3H3. The largest absolute Gasteiger partial charge is 0.433 e. The molecule has 0 spiro atoms. The third-order valence-corrected chi connectivity index (χ3v) is 1.05. The number of carbonyl (C=O) groups is 1. The summed E-state index contributed by atoms with van der Waals surface area (Å²) in [4.78, 5) is 10.8. The smallest absolute Gasteiger partial charge is 0.335 e. The second kappa shape index (κ2) is 5.71. The van der Waals surface area contributed by atoms with Crippen molar-refractivity contribution in [2.45, 2.75) is 20.1 Å². The highest BCUT2D eigenvalue weighted by molar-refractivity contribution is 5.86. The van der Waals surface area contributed by atoms with Gasteiger partial charge in [0.1, 0.15) is 6.67 Å². The summed E-state index contributed by atoms with van der Waals surface area (Å²) in [5.41, 5.74) is 0.297. The van der Waals surface area contributed by atoms with Gasteiger partial charge in [-0.05, 0) is 13.8 Å². The molecule has 1 unspecified atom stereocenters. The van der Waals surface area contributed by atoms with Gasteiger partial charge in [-0.3, -0.25) is 0 Å². The van der Waals surface area contributed by atoms with Crippen LogP contribution in [0.15, 0.2) is 12.2 Å². The summed E-state index contributed by atoms with van der Waals surface area (Å²) in [7, 11) is 0. The molecule has 0 aliphatic heterocycles. The number of esters is 1. The number of alkyl halides is 1. The minimum Gasteiger partial charge on any atom is -0.433 e. The van der Waals surface area contributed by atoms with E-state index in [0.717, 1.165) is 0 Å². The van der Waals surface area contributed by atoms with Gasteiger partial charge in [0, 0.05) is 5.57 Å². The van der Waals surface area contributed by atoms with Crippen LogP contribution in [0.4, 0.5) is 4.39 Å². The predicted molar refractivity (Wildman–Crippen MR) is 42.3 cm³/mol. The van der Waals surface area contributed by atoms with Gasteiger partial charge in [-0.25, -0.2) is 9.18 Å². The first-order chi connectivity index (χ1) is 5.57. The molecule has 0 aromatic carbocycles. The molecular weight excluding hydrogens is 163 g/mol. The second-order valence-electron chi connectivity index (χ2n) is 2.31. The molecule has 0 fully saturated rings. The lowest BCUT2D eigenvalue weighted by atomic mass is 10.4. The minimum atomic E-state index is -0.718. The van der Waals surface area contributed by atoms with E-state index in [4.69, 9.17) is 4.74 Å². The first-order valence-electron chi connectivity index (χ1n) is 3.62. The van der Waals surface area contributed by atoms with Crippen LogP contribution < -0.4 is 0 Å². The lowest BCUT2D eigenvalue weighted by Crippen LogP contribution is -2.19. The van der Waals surface area contributed by atoms with Gasteiger partial charge in [0.15, 0.2) is 0 Å². The summed E-state index contributed by atoms with van der Waals surface area (Å²) < 4.78 is 21.0. The van der Waals surface area contributed by atoms with E-state index in [2.05, 4.69) is 11.3 Å². The molecule has 0 aromatic rings. The fourth-order valence-electron chi connectivity index (χ4n) is 0.496. The van der Waals surface area contributed by atoms with Crippen molar-refractivity contribution in [3.05, 3.63) is 12.2 Å². The van der Waals surface area contributed by atoms with Crippen LogP contribution in [0.2, 0.25) is 0 Å². The molecule has 0 saturated heterocycles. The van der Waals surface area contributed by atoms with Gasteiger partial charge in [0.2, 0.25) is 6.29 Å². The molecule has 0 saturated carbocycles. The Labute approximate surface area is 71.2 Å². The normalized spacial score (nSPS) is 12.2. The molecule has 0 amide bonds. The lowest BCUT2D eigenvalue weighted by molar-refractivity contribution is -0.170. The van der Waals surface area contributed by atoms with Gasteiger partial charge < -0.3 is 9.47 Å². The Bertz CT molecular complexity index is 168. The number of halogens is 1. The van der Waals surface area contributed by atoms with E-state index in [1.165, 1.54) is 13.8 Å². The zero-order chi connectivity index (χ0) is 9.56. The van der Waals surface area contributed by atoms with E-state index in [9.17, 15) is 9.18 Å². The highest BCUT2D eigenvalue weighted by Crippen LogP contribution is 1.99. The van der Waals surface area contributed by atoms with Crippen LogP contribution >= 0.6 is 0 Å². The van der Waals surface area contributed by atoms with Crippen LogP contribution in [0.3, 0.4) is 0 Å². The maximum Gasteiger partial charge on any atom is 0.335 e. The van der Waals surface area contributed by atoms with Gasteiger partial charge in [-0.1, -0.05) is 6.58 Å². The monoisotopic (exact) mass is 176 g/mol. The van der Waals surface area contributed by atoms with Crippen LogP contribution in [0.5, 0.6) is 0 Å². The summed E-state index contributed by atoms with van der Waals surface area (Å²) >= 11 is 0. The van der Waals surface area contributed by atoms with E-state index in [-0.39, 0.29) is 6.61 Å². The Balaban J connectivity index is 3.61. The number of hydrogen-bond acceptors (Lipinski definition) is 3. The van der Waals surface area contributed by atoms with Gasteiger partial charge in [0.25, 0.3) is 0 Å². The highest BCUT2D eigenvalue weighted by Gasteiger charge is 2.09. The first-order valence-corrected chi connectivity index (χ1v) is 3.62. The number of ether oxygens (including phenoxy) is 2. The number of hydrogen-bond donors (Lipinski definition) is 0. The van der Waals surface area contributed by atoms with Gasteiger partial charge >= 0.3 is 5.97 Å². The molecule has 0 heterocycles. The summed E-state index contributed by atoms with van der Waals surface area (Å²) in [5, 5.41) is 0. The fourth-order valence-corrected chi connectivity index (χ4v) is 0.496. The first kappa shape index (κ1) is 11.1. The van der Waals surface area contributed by atoms with Crippen molar-refractivity contribution in [1.82, 2.24) is 0 Å². The van der Waals surface area contributed by atoms with Crippen LogP contribution in [-0.4, -0.2) is 25.5 Å². The molecule has 4 heteroatoms. The fraction of sp³-hybridized carbons (Fsp3) is 0.625. The van der Waals surface area contributed by atoms with Crippen LogP contribution in [-0.2, 0) is 14.3 Å². The topological polar surface area (TPSA) is 35.5 Å². The lowest BCUT2D eigenvalue weighted by Gasteiger charge is -2.12. The Hall–Kier alpha value is -0.900. The Morgan fingerprint density at radius 3 is 2.67 bits per heavy atom. The molecule has 0 N–H and O–H groups in total. The van der Waals surface area contributed by atoms with Gasteiger partial charge in [-0.15, -0.1) is 0 Å². The van der Waals surface area contributed by atoms with Gasteiger partial charge in [0.05, 0.1) is 6.61 Å². The van der Waals surface area contributed by atoms with E-state index in [1.807, 2.05) is 0 Å². The zero-order valence-corrected chi connectivity index (χ0v) is 7.30. The molecule has 0 rings (SSSR count). The molecule has 12 heavy (non-hydrogen) atoms. The molecule has 3 nitrogen and oxygen atoms in total. The maximum absolute atomic E-state index is 11.6. The van der Waals surface area contributed by atoms with E-state index in [0.29, 0.717) is 5.57 Å². The summed E-state index contributed by atoms with van der Waals surface area (Å²) in [6, 6.07) is 0. The average molecular weight is 176 g/mol. The van der Waals surface area contributed by atoms with Crippen LogP contribution in [0.1, 0.15) is 13.8 Å². The second-order valence-corrected chi connectivity index (χ2v) is 2.31. The molecule has 0 bridgehead atoms. The summed E-state index contributed by atoms with van der Waals surface area (Å²) in [5.74, 6) is -0.527. The molecule has 0 aromatic heterocycles. The van der Waals surface area contributed by atoms with Gasteiger partial charge in [-0.2, -0.15) is 0 Å². The van der Waals surface area contributed by atoms with Crippen molar-refractivity contribution in [3.8, 4) is 0 Å². The SMILES string of the molecule is C=C(C)C(=O)OC(C)OCCF. The van der Waals surface area contributed by atoms with Crippen molar-refractivity contribution < 1.29 is 18.7 Å². The molecular formula is C8H13FO3. The van der Waals surface area contributed by atoms with E-state index in [1.54, 1.807) is 0 Å². The van der Waals surface area contributed by atoms with E-state index >= 15 is 0 Å². The number of carbonyl (C=O) groups excluding carboxylic acids is 1. The maximum atomic E-state index is 11.6. The van der Waals surface area contributed by atoms with Crippen molar-refractivity contribution >= 4 is 5.97 Å². The number of rotatable bonds is 5. The van der Waals surface area contributed by atoms with Crippen LogP contribution in [0.25, 0.3) is 0 Å². The van der Waals surface area contributed by atoms with Crippen LogP contribution in [0, 0.1) is 0 Å². The third kappa shape index (κ3) is 4.85. The van der Waals surface area contributed by atoms with Crippen molar-refractivity contribution in [2.75, 3.05) is 13.3 Å². The Morgan fingerprint density at radius 1 is 1.67 bits per heavy atom. The quantitative estimate of drug-likeness (QED) is 0.361. The molecule has 70 valence electrons. The molecule has 0 radical (unpaired) electrons. The average Bonchev–Trinajstić information content (AvgIpc) is 2.00. The molecule has 0 aliphatic carbocycles. The molecule has 1 atom stereocenters. The van der Waals surface area contributed by atoms with Crippen molar-refractivity contribution in [1.29, 1.82) is 0 Å². The van der Waals surface area contributed by atoms with Crippen molar-refractivity contribution in [2.24, 2.45) is 0 Å². The minimum absolute atomic E-state index is 0.0648. The van der Waals surface area contributed by atoms with Crippen molar-refractivity contribution in [3.63, 3.8) is 0 Å². The highest BCUT2D eigenvalue weighted by atomic mass is 19.1. The Kier molecular flexibility index (Phi) is 5.28. The predicted octanol–water partition coefficient (Wildman–Crippen LogP) is 1.44. The Morgan fingerprint density at radius 2 is 2.25 bits per heavy atom.